The van der Waals surface area contributed by atoms with E-state index in [1.807, 2.05) is 162 Å². The topological polar surface area (TPSA) is 201 Å². The number of piperidine rings is 1. The lowest BCUT2D eigenvalue weighted by Crippen LogP contribution is -2.46. The van der Waals surface area contributed by atoms with Crippen LogP contribution in [0.4, 0.5) is 4.39 Å². The number of carbonyl (C=O) groups excluding carboxylic acids is 3. The van der Waals surface area contributed by atoms with Crippen molar-refractivity contribution in [2.75, 3.05) is 141 Å². The highest BCUT2D eigenvalue weighted by atomic mass is 19.1. The number of nitrogens with one attached hydrogen (secondary N) is 1. The lowest BCUT2D eigenvalue weighted by molar-refractivity contribution is -0.130. The highest BCUT2D eigenvalue weighted by Gasteiger charge is 2.15. The second-order valence-corrected chi connectivity index (χ2v) is 26.5. The number of hydrogen-bond donors (Lipinski definition) is 1. The van der Waals surface area contributed by atoms with Gasteiger partial charge in [0, 0.05) is 183 Å². The lowest BCUT2D eigenvalue weighted by atomic mass is 10.1. The molecule has 4 saturated heterocycles. The predicted octanol–water partition coefficient (Wildman–Crippen LogP) is 13.4. The molecule has 8 heterocycles. The van der Waals surface area contributed by atoms with Gasteiger partial charge in [-0.15, -0.1) is 0 Å². The number of nitriles is 1. The summed E-state index contributed by atoms with van der Waals surface area (Å²) in [7, 11) is 15.6. The summed E-state index contributed by atoms with van der Waals surface area (Å²) < 4.78 is 18.8. The number of piperazine rings is 3. The van der Waals surface area contributed by atoms with Gasteiger partial charge in [-0.05, 0) is 168 Å². The van der Waals surface area contributed by atoms with Gasteiger partial charge in [0.25, 0.3) is 0 Å². The van der Waals surface area contributed by atoms with Crippen LogP contribution in [0, 0.1) is 78.5 Å². The van der Waals surface area contributed by atoms with Crippen molar-refractivity contribution in [3.05, 3.63) is 233 Å². The van der Waals surface area contributed by atoms with Crippen LogP contribution in [0.25, 0.3) is 0 Å². The van der Waals surface area contributed by atoms with Gasteiger partial charge in [-0.3, -0.25) is 34.0 Å². The Morgan fingerprint density at radius 1 is 0.495 bits per heavy atom. The van der Waals surface area contributed by atoms with Gasteiger partial charge in [-0.1, -0.05) is 115 Å². The summed E-state index contributed by atoms with van der Waals surface area (Å²) in [5.41, 5.74) is 9.97. The van der Waals surface area contributed by atoms with E-state index in [0.29, 0.717) is 0 Å². The molecule has 5 aliphatic rings. The van der Waals surface area contributed by atoms with E-state index >= 15 is 0 Å². The first kappa shape index (κ1) is 95.8. The number of rotatable bonds is 1. The molecule has 21 heteroatoms. The fraction of sp³-hybridized carbons (Fsp3) is 0.476. The highest BCUT2D eigenvalue weighted by Crippen LogP contribution is 2.26. The first-order valence-corrected chi connectivity index (χ1v) is 36.3. The summed E-state index contributed by atoms with van der Waals surface area (Å²) in [6.45, 7) is 38.5. The minimum atomic E-state index is -0.171. The van der Waals surface area contributed by atoms with E-state index < -0.39 is 0 Å². The molecule has 105 heavy (non-hydrogen) atoms. The van der Waals surface area contributed by atoms with Gasteiger partial charge in [0.2, 0.25) is 17.7 Å². The smallest absolute Gasteiger partial charge is 0.219 e. The van der Waals surface area contributed by atoms with Crippen LogP contribution in [-0.4, -0.2) is 228 Å². The third-order valence-corrected chi connectivity index (χ3v) is 15.8. The number of hydrogen-bond acceptors (Lipinski definition) is 16. The molecule has 0 atom stereocenters. The number of carbonyl (C=O) groups is 3. The van der Waals surface area contributed by atoms with Crippen LogP contribution in [0.2, 0.25) is 0 Å². The Kier molecular flexibility index (Phi) is 55.8. The summed E-state index contributed by atoms with van der Waals surface area (Å²) in [6, 6.07) is 40.0. The number of nitrogens with zero attached hydrogens (tertiary/aromatic N) is 15. The monoisotopic (exact) mass is 1450 g/mol. The molecule has 8 aromatic rings. The van der Waals surface area contributed by atoms with Crippen molar-refractivity contribution in [1.82, 2.24) is 74.3 Å². The van der Waals surface area contributed by atoms with Gasteiger partial charge in [-0.2, -0.15) is 10.4 Å². The maximum absolute atomic E-state index is 12.1. The number of aromatic nitrogens is 7. The number of benzene rings is 4. The molecule has 1 N–H and O–H groups in total. The summed E-state index contributed by atoms with van der Waals surface area (Å²) in [4.78, 5) is 65.5. The van der Waals surface area contributed by atoms with E-state index in [2.05, 4.69) is 122 Å². The fourth-order valence-corrected chi connectivity index (χ4v) is 8.27. The van der Waals surface area contributed by atoms with Crippen LogP contribution >= 0.6 is 0 Å². The van der Waals surface area contributed by atoms with Gasteiger partial charge in [-0.25, -0.2) is 14.4 Å². The van der Waals surface area contributed by atoms with Gasteiger partial charge < -0.3 is 44.4 Å². The van der Waals surface area contributed by atoms with E-state index in [1.165, 1.54) is 129 Å². The molecule has 1 aliphatic carbocycles. The molecule has 3 amide bonds. The predicted molar refractivity (Wildman–Crippen MR) is 430 cm³/mol. The molecule has 1 saturated carbocycles. The van der Waals surface area contributed by atoms with Crippen molar-refractivity contribution >= 4 is 17.7 Å². The van der Waals surface area contributed by atoms with Crippen LogP contribution in [-0.2, 0) is 21.4 Å². The van der Waals surface area contributed by atoms with E-state index in [-0.39, 0.29) is 23.5 Å². The zero-order valence-corrected chi connectivity index (χ0v) is 67.5. The minimum Gasteiger partial charge on any atom is -0.497 e. The standard InChI is InChI=1S/C8H7N.C8H10O.C7H7F.C7H14N2O.C7H13NO.C7H8.C6H14N2.C6H7N.C5H8N2.C5H12N2.2C5H6N2.C4H9NO.C4H8/c1-7-2-4-8(6-9)5-3-7;1-7-3-5-8(9-2)6-4-7;1-6-2-4-7(8)5-3-6;1-7(10)9-5-3-8(2)4-6-9;1-7(9)8-5-3-2-4-6-8;1-7-5-3-2-4-6-7;1-7-3-5-8(2)6-4-7;1-6-3-2-4-7-5-6;1-5-3-6-7(2)4-5;1-7-4-2-6-3-5-7;1-5-4-6-2-3-7-5;1-5-2-3-6-4-7-5;1-4(6)5(2)3;1-4-2-3-4/h2-5H,1H3;3-6H,1-2H3;2-5H,1H3;3-6H2,1-2H3;2-6H2,1H3;2-6H,1H3;3-6H2,1-2H3;2-5H,1H3;3-4H,1-2H3;6H,2-5H2,1H3;2*2-4H,1H3;1-3H3;4H,2-3H2,1H3. The van der Waals surface area contributed by atoms with E-state index in [4.69, 9.17) is 10.00 Å². The van der Waals surface area contributed by atoms with Gasteiger partial charge in [0.15, 0.2) is 0 Å². The molecule has 13 rings (SSSR count). The largest absolute Gasteiger partial charge is 0.497 e. The highest BCUT2D eigenvalue weighted by molar-refractivity contribution is 5.73. The van der Waals surface area contributed by atoms with Crippen molar-refractivity contribution in [2.24, 2.45) is 13.0 Å². The van der Waals surface area contributed by atoms with E-state index in [1.54, 1.807) is 82.9 Å². The van der Waals surface area contributed by atoms with Crippen LogP contribution in [0.3, 0.4) is 0 Å². The van der Waals surface area contributed by atoms with Gasteiger partial charge in [0.1, 0.15) is 17.9 Å². The fourth-order valence-electron chi connectivity index (χ4n) is 8.27. The Labute approximate surface area is 632 Å². The Morgan fingerprint density at radius 2 is 0.943 bits per heavy atom. The first-order valence-electron chi connectivity index (χ1n) is 36.3. The normalized spacial score (nSPS) is 14.0. The summed E-state index contributed by atoms with van der Waals surface area (Å²) in [5.74, 6) is 2.36. The first-order chi connectivity index (χ1) is 50.0. The Balaban J connectivity index is 0.00000111. The third kappa shape index (κ3) is 59.9. The number of amides is 3. The average molecular weight is 1450 g/mol. The molecule has 0 spiro atoms. The molecule has 0 bridgehead atoms. The molecule has 5 fully saturated rings. The second kappa shape index (κ2) is 61.2. The number of aryl methyl sites for hydroxylation is 9. The summed E-state index contributed by atoms with van der Waals surface area (Å²) >= 11 is 0. The SMILES string of the molecule is CC(=O)N(C)C.CC(=O)N1CCCCC1.CC(=O)N1CCN(C)CC1.CC1CC1.CN1CCN(C)CC1.CN1CCNCC1.COc1ccc(C)cc1.Cc1ccc(C#N)cc1.Cc1ccc(F)cc1.Cc1ccccc1.Cc1cccnc1.Cc1ccncn1.Cc1cnccn1.Cc1cnn(C)c1. The van der Waals surface area contributed by atoms with Crippen LogP contribution < -0.4 is 10.1 Å². The second-order valence-electron chi connectivity index (χ2n) is 26.5. The number of likely N-dealkylation sites (N-methyl/N-ethyl adjacent to an activating group) is 4. The van der Waals surface area contributed by atoms with Crippen molar-refractivity contribution in [3.8, 4) is 11.8 Å². The van der Waals surface area contributed by atoms with Gasteiger partial charge in [0.05, 0.1) is 30.6 Å². The van der Waals surface area contributed by atoms with Crippen molar-refractivity contribution in [3.63, 3.8) is 0 Å². The maximum atomic E-state index is 12.1. The molecule has 4 aliphatic heterocycles. The molecular weight excluding hydrogens is 1320 g/mol. The quantitative estimate of drug-likeness (QED) is 0.162. The van der Waals surface area contributed by atoms with Crippen LogP contribution in [0.15, 0.2) is 177 Å². The molecule has 0 radical (unpaired) electrons. The summed E-state index contributed by atoms with van der Waals surface area (Å²) in [5, 5.41) is 15.6. The lowest BCUT2D eigenvalue weighted by Gasteiger charge is -2.31. The number of methoxy groups -OCH3 is 1. The van der Waals surface area contributed by atoms with E-state index in [0.717, 1.165) is 86.5 Å². The molecule has 4 aromatic heterocycles. The zero-order chi connectivity index (χ0) is 78.6. The molecule has 0 unspecified atom stereocenters. The Morgan fingerprint density at radius 3 is 1.21 bits per heavy atom. The minimum absolute atomic E-state index is 0.0926. The molecular formula is C84H129FN16O4. The van der Waals surface area contributed by atoms with Crippen molar-refractivity contribution in [2.45, 2.75) is 115 Å². The number of likely N-dealkylation sites (tertiary alicyclic amines) is 1. The molecule has 20 nitrogen and oxygen atoms in total. The Bertz CT molecular complexity index is 3190. The third-order valence-electron chi connectivity index (χ3n) is 15.8. The van der Waals surface area contributed by atoms with Crippen molar-refractivity contribution in [1.29, 1.82) is 5.26 Å². The maximum Gasteiger partial charge on any atom is 0.219 e. The van der Waals surface area contributed by atoms with Crippen LogP contribution in [0.1, 0.15) is 110 Å². The molecule has 4 aromatic carbocycles. The zero-order valence-electron chi connectivity index (χ0n) is 67.5. The van der Waals surface area contributed by atoms with E-state index in [9.17, 15) is 18.8 Å². The molecule has 576 valence electrons. The van der Waals surface area contributed by atoms with Crippen LogP contribution in [0.5, 0.6) is 5.75 Å². The van der Waals surface area contributed by atoms with Crippen molar-refractivity contribution < 1.29 is 23.5 Å². The number of pyridine rings is 1. The number of halogens is 1. The summed E-state index contributed by atoms with van der Waals surface area (Å²) in [6.07, 6.45) is 22.4. The Hall–Kier alpha value is -9.17. The average Bonchev–Trinajstić information content (AvgIpc) is 1.97. The van der Waals surface area contributed by atoms with Gasteiger partial charge >= 0.3 is 0 Å². The number of ether oxygens (including phenoxy) is 1.